The lowest BCUT2D eigenvalue weighted by molar-refractivity contribution is -0.0226. The molecule has 0 spiro atoms. The number of rotatable bonds is 3. The van der Waals surface area contributed by atoms with E-state index < -0.39 is 0 Å². The van der Waals surface area contributed by atoms with Gasteiger partial charge in [-0.25, -0.2) is 0 Å². The molecule has 1 aliphatic heterocycles. The molecule has 1 amide bonds. The molecule has 0 bridgehead atoms. The number of halogens is 1. The second kappa shape index (κ2) is 6.39. The van der Waals surface area contributed by atoms with E-state index in [1.54, 1.807) is 25.3 Å². The second-order valence-corrected chi connectivity index (χ2v) is 5.36. The van der Waals surface area contributed by atoms with Crippen LogP contribution in [0.2, 0.25) is 0 Å². The van der Waals surface area contributed by atoms with Crippen molar-refractivity contribution in [1.82, 2.24) is 4.90 Å². The van der Waals surface area contributed by atoms with Crippen LogP contribution in [0.15, 0.2) is 22.7 Å². The Morgan fingerprint density at radius 1 is 1.58 bits per heavy atom. The van der Waals surface area contributed by atoms with Gasteiger partial charge >= 0.3 is 0 Å². The molecule has 4 nitrogen and oxygen atoms in total. The predicted molar refractivity (Wildman–Crippen MR) is 76.6 cm³/mol. The number of carbonyl (C=O) groups excluding carboxylic acids is 1. The zero-order valence-electron chi connectivity index (χ0n) is 11.2. The molecule has 0 aromatic heterocycles. The van der Waals surface area contributed by atoms with Crippen LogP contribution >= 0.6 is 15.9 Å². The lowest BCUT2D eigenvalue weighted by Gasteiger charge is -2.32. The van der Waals surface area contributed by atoms with Gasteiger partial charge in [-0.3, -0.25) is 4.79 Å². The van der Waals surface area contributed by atoms with Gasteiger partial charge in [0.2, 0.25) is 0 Å². The third kappa shape index (κ3) is 3.28. The molecule has 2 rings (SSSR count). The van der Waals surface area contributed by atoms with Crippen molar-refractivity contribution in [2.75, 3.05) is 26.8 Å². The predicted octanol–water partition coefficient (Wildman–Crippen LogP) is 2.71. The van der Waals surface area contributed by atoms with Crippen molar-refractivity contribution in [2.24, 2.45) is 0 Å². The van der Waals surface area contributed by atoms with Crippen LogP contribution in [0.5, 0.6) is 5.75 Å². The van der Waals surface area contributed by atoms with Crippen molar-refractivity contribution in [3.8, 4) is 5.75 Å². The molecule has 104 valence electrons. The zero-order chi connectivity index (χ0) is 13.8. The number of carbonyl (C=O) groups is 1. The maximum atomic E-state index is 12.4. The van der Waals surface area contributed by atoms with E-state index in [-0.39, 0.29) is 12.0 Å². The molecule has 0 radical (unpaired) electrons. The first-order valence-corrected chi connectivity index (χ1v) is 7.19. The van der Waals surface area contributed by atoms with Gasteiger partial charge in [0, 0.05) is 18.7 Å². The summed E-state index contributed by atoms with van der Waals surface area (Å²) in [6.45, 7) is 4.00. The molecule has 0 N–H and O–H groups in total. The molecular weight excluding hydrogens is 310 g/mol. The highest BCUT2D eigenvalue weighted by Crippen LogP contribution is 2.26. The first-order chi connectivity index (χ1) is 9.15. The van der Waals surface area contributed by atoms with E-state index in [1.807, 2.05) is 4.90 Å². The van der Waals surface area contributed by atoms with Crippen LogP contribution < -0.4 is 4.74 Å². The number of benzene rings is 1. The quantitative estimate of drug-likeness (QED) is 0.856. The van der Waals surface area contributed by atoms with Crippen LogP contribution in [0.3, 0.4) is 0 Å². The molecule has 5 heteroatoms. The Kier molecular flexibility index (Phi) is 4.82. The third-order valence-corrected chi connectivity index (χ3v) is 3.90. The molecule has 0 aliphatic carbocycles. The minimum Gasteiger partial charge on any atom is -0.496 e. The van der Waals surface area contributed by atoms with E-state index in [2.05, 4.69) is 22.9 Å². The Hall–Kier alpha value is -1.07. The first kappa shape index (κ1) is 14.3. The number of amides is 1. The van der Waals surface area contributed by atoms with E-state index in [0.717, 1.165) is 16.6 Å². The number of morpholine rings is 1. The number of nitrogens with zero attached hydrogens (tertiary/aromatic N) is 1. The van der Waals surface area contributed by atoms with Crippen LogP contribution in [0.4, 0.5) is 0 Å². The summed E-state index contributed by atoms with van der Waals surface area (Å²) in [7, 11) is 1.61. The Balaban J connectivity index is 2.12. The molecule has 1 heterocycles. The number of hydrogen-bond acceptors (Lipinski definition) is 3. The van der Waals surface area contributed by atoms with Gasteiger partial charge in [-0.1, -0.05) is 6.92 Å². The normalized spacial score (nSPS) is 19.3. The van der Waals surface area contributed by atoms with Crippen LogP contribution in [0.1, 0.15) is 23.7 Å². The summed E-state index contributed by atoms with van der Waals surface area (Å²) in [6.07, 6.45) is 1.08. The van der Waals surface area contributed by atoms with Crippen LogP contribution in [-0.4, -0.2) is 43.7 Å². The Bertz CT molecular complexity index is 464. The summed E-state index contributed by atoms with van der Waals surface area (Å²) in [5.41, 5.74) is 0.671. The van der Waals surface area contributed by atoms with Gasteiger partial charge in [-0.05, 0) is 40.5 Å². The van der Waals surface area contributed by atoms with E-state index in [4.69, 9.17) is 9.47 Å². The second-order valence-electron chi connectivity index (χ2n) is 4.50. The Labute approximate surface area is 121 Å². The first-order valence-electron chi connectivity index (χ1n) is 6.40. The summed E-state index contributed by atoms with van der Waals surface area (Å²) in [6, 6.07) is 5.40. The van der Waals surface area contributed by atoms with Gasteiger partial charge in [0.05, 0.1) is 24.3 Å². The van der Waals surface area contributed by atoms with Gasteiger partial charge in [0.25, 0.3) is 5.91 Å². The smallest absolute Gasteiger partial charge is 0.254 e. The number of hydrogen-bond donors (Lipinski definition) is 0. The summed E-state index contributed by atoms with van der Waals surface area (Å²) in [5.74, 6) is 0.773. The molecule has 1 aromatic rings. The minimum atomic E-state index is 0.0464. The van der Waals surface area contributed by atoms with Gasteiger partial charge < -0.3 is 14.4 Å². The van der Waals surface area contributed by atoms with Gasteiger partial charge in [0.1, 0.15) is 5.75 Å². The molecule has 1 fully saturated rings. The van der Waals surface area contributed by atoms with E-state index >= 15 is 0 Å². The highest BCUT2D eigenvalue weighted by atomic mass is 79.9. The summed E-state index contributed by atoms with van der Waals surface area (Å²) in [4.78, 5) is 14.3. The maximum absolute atomic E-state index is 12.4. The molecule has 1 unspecified atom stereocenters. The van der Waals surface area contributed by atoms with E-state index in [9.17, 15) is 4.79 Å². The van der Waals surface area contributed by atoms with Crippen molar-refractivity contribution in [2.45, 2.75) is 19.4 Å². The summed E-state index contributed by atoms with van der Waals surface area (Å²) >= 11 is 3.40. The average Bonchev–Trinajstić information content (AvgIpc) is 2.46. The van der Waals surface area contributed by atoms with Crippen molar-refractivity contribution < 1.29 is 14.3 Å². The molecule has 1 aromatic carbocycles. The van der Waals surface area contributed by atoms with Crippen molar-refractivity contribution >= 4 is 21.8 Å². The monoisotopic (exact) mass is 327 g/mol. The number of ether oxygens (including phenoxy) is 2. The molecule has 19 heavy (non-hydrogen) atoms. The topological polar surface area (TPSA) is 38.8 Å². The summed E-state index contributed by atoms with van der Waals surface area (Å²) in [5, 5.41) is 0. The summed E-state index contributed by atoms with van der Waals surface area (Å²) < 4.78 is 11.5. The number of methoxy groups -OCH3 is 1. The fourth-order valence-corrected chi connectivity index (χ4v) is 2.67. The third-order valence-electron chi connectivity index (χ3n) is 3.28. The largest absolute Gasteiger partial charge is 0.496 e. The lowest BCUT2D eigenvalue weighted by atomic mass is 10.1. The van der Waals surface area contributed by atoms with E-state index in [0.29, 0.717) is 25.3 Å². The van der Waals surface area contributed by atoms with Crippen molar-refractivity contribution in [3.63, 3.8) is 0 Å². The lowest BCUT2D eigenvalue weighted by Crippen LogP contribution is -2.45. The zero-order valence-corrected chi connectivity index (χ0v) is 12.8. The fraction of sp³-hybridized carbons (Fsp3) is 0.500. The van der Waals surface area contributed by atoms with Crippen molar-refractivity contribution in [1.29, 1.82) is 0 Å². The van der Waals surface area contributed by atoms with Gasteiger partial charge in [-0.15, -0.1) is 0 Å². The standard InChI is InChI=1S/C14H18BrNO3/c1-3-11-9-16(6-7-19-11)14(17)10-4-5-13(18-2)12(15)8-10/h4-5,8,11H,3,6-7,9H2,1-2H3. The molecule has 1 atom stereocenters. The highest BCUT2D eigenvalue weighted by Gasteiger charge is 2.24. The van der Waals surface area contributed by atoms with Gasteiger partial charge in [-0.2, -0.15) is 0 Å². The molecular formula is C14H18BrNO3. The highest BCUT2D eigenvalue weighted by molar-refractivity contribution is 9.10. The Morgan fingerprint density at radius 2 is 2.37 bits per heavy atom. The molecule has 1 saturated heterocycles. The maximum Gasteiger partial charge on any atom is 0.254 e. The van der Waals surface area contributed by atoms with Crippen LogP contribution in [0, 0.1) is 0 Å². The minimum absolute atomic E-state index is 0.0464. The van der Waals surface area contributed by atoms with E-state index in [1.165, 1.54) is 0 Å². The van der Waals surface area contributed by atoms with Crippen LogP contribution in [0.25, 0.3) is 0 Å². The van der Waals surface area contributed by atoms with Gasteiger partial charge in [0.15, 0.2) is 0 Å². The van der Waals surface area contributed by atoms with Crippen LogP contribution in [-0.2, 0) is 4.74 Å². The molecule has 1 aliphatic rings. The van der Waals surface area contributed by atoms with Crippen molar-refractivity contribution in [3.05, 3.63) is 28.2 Å². The fourth-order valence-electron chi connectivity index (χ4n) is 2.13. The Morgan fingerprint density at radius 3 is 3.00 bits per heavy atom. The molecule has 0 saturated carbocycles. The average molecular weight is 328 g/mol. The SMILES string of the molecule is CCC1CN(C(=O)c2ccc(OC)c(Br)c2)CCO1.